The Bertz CT molecular complexity index is 318. The second kappa shape index (κ2) is 9.32. The molecule has 0 fully saturated rings. The normalized spacial score (nSPS) is 11.8. The molecule has 0 aromatic rings. The minimum atomic E-state index is -0.548. The van der Waals surface area contributed by atoms with Gasteiger partial charge in [-0.05, 0) is 12.8 Å². The van der Waals surface area contributed by atoms with Crippen molar-refractivity contribution in [2.45, 2.75) is 33.2 Å². The van der Waals surface area contributed by atoms with Crippen LogP contribution in [-0.2, 0) is 9.59 Å². The lowest BCUT2D eigenvalue weighted by Gasteiger charge is -2.13. The highest BCUT2D eigenvalue weighted by atomic mass is 16.2. The standard InChI is InChI=1S/C12H24N4O3/c1-8(2)7-15-10(17)5-6-14-9(3)11(18)16-12(19)13-4/h8-9,14H,5-7H2,1-4H3,(H,15,17)(H2,13,16,18,19). The molecule has 0 bridgehead atoms. The van der Waals surface area contributed by atoms with Crippen LogP contribution in [0.4, 0.5) is 4.79 Å². The molecule has 7 heteroatoms. The van der Waals surface area contributed by atoms with E-state index in [0.29, 0.717) is 25.4 Å². The molecular weight excluding hydrogens is 248 g/mol. The average Bonchev–Trinajstić information content (AvgIpc) is 2.35. The number of nitrogens with one attached hydrogen (secondary N) is 4. The van der Waals surface area contributed by atoms with Crippen molar-refractivity contribution in [1.29, 1.82) is 0 Å². The van der Waals surface area contributed by atoms with Gasteiger partial charge in [0, 0.05) is 26.6 Å². The lowest BCUT2D eigenvalue weighted by molar-refractivity contribution is -0.123. The van der Waals surface area contributed by atoms with Crippen LogP contribution in [0.5, 0.6) is 0 Å². The quantitative estimate of drug-likeness (QED) is 0.506. The van der Waals surface area contributed by atoms with Crippen LogP contribution in [0.25, 0.3) is 0 Å². The average molecular weight is 272 g/mol. The summed E-state index contributed by atoms with van der Waals surface area (Å²) in [5.41, 5.74) is 0. The van der Waals surface area contributed by atoms with Gasteiger partial charge in [0.05, 0.1) is 6.04 Å². The number of hydrogen-bond acceptors (Lipinski definition) is 4. The second-order valence-electron chi connectivity index (χ2n) is 4.69. The molecule has 0 aliphatic heterocycles. The van der Waals surface area contributed by atoms with Gasteiger partial charge < -0.3 is 16.0 Å². The van der Waals surface area contributed by atoms with Crippen molar-refractivity contribution < 1.29 is 14.4 Å². The third-order valence-corrected chi connectivity index (χ3v) is 2.37. The van der Waals surface area contributed by atoms with Crippen LogP contribution in [0.2, 0.25) is 0 Å². The fourth-order valence-corrected chi connectivity index (χ4v) is 1.18. The second-order valence-corrected chi connectivity index (χ2v) is 4.69. The summed E-state index contributed by atoms with van der Waals surface area (Å²) in [4.78, 5) is 33.8. The number of rotatable bonds is 7. The molecule has 0 aromatic carbocycles. The maximum atomic E-state index is 11.5. The first-order chi connectivity index (χ1) is 8.86. The minimum Gasteiger partial charge on any atom is -0.356 e. The van der Waals surface area contributed by atoms with E-state index >= 15 is 0 Å². The molecule has 0 heterocycles. The van der Waals surface area contributed by atoms with Crippen molar-refractivity contribution in [2.75, 3.05) is 20.1 Å². The van der Waals surface area contributed by atoms with Crippen molar-refractivity contribution in [1.82, 2.24) is 21.3 Å². The van der Waals surface area contributed by atoms with Crippen molar-refractivity contribution in [3.63, 3.8) is 0 Å². The minimum absolute atomic E-state index is 0.0555. The molecule has 4 amide bonds. The van der Waals surface area contributed by atoms with Gasteiger partial charge in [-0.3, -0.25) is 14.9 Å². The molecule has 0 aromatic heterocycles. The summed E-state index contributed by atoms with van der Waals surface area (Å²) in [6.45, 7) is 6.69. The first-order valence-electron chi connectivity index (χ1n) is 6.39. The molecule has 19 heavy (non-hydrogen) atoms. The van der Waals surface area contributed by atoms with E-state index in [-0.39, 0.29) is 5.91 Å². The van der Waals surface area contributed by atoms with Crippen LogP contribution in [0.1, 0.15) is 27.2 Å². The van der Waals surface area contributed by atoms with Gasteiger partial charge in [-0.25, -0.2) is 4.79 Å². The Morgan fingerprint density at radius 3 is 2.26 bits per heavy atom. The van der Waals surface area contributed by atoms with Crippen LogP contribution in [0.3, 0.4) is 0 Å². The third-order valence-electron chi connectivity index (χ3n) is 2.37. The van der Waals surface area contributed by atoms with Crippen molar-refractivity contribution >= 4 is 17.8 Å². The van der Waals surface area contributed by atoms with Gasteiger partial charge in [0.1, 0.15) is 0 Å². The van der Waals surface area contributed by atoms with E-state index in [1.165, 1.54) is 7.05 Å². The fourth-order valence-electron chi connectivity index (χ4n) is 1.18. The molecule has 0 aliphatic carbocycles. The summed E-state index contributed by atoms with van der Waals surface area (Å²) in [5.74, 6) is -0.0729. The number of amides is 4. The summed E-state index contributed by atoms with van der Waals surface area (Å²) < 4.78 is 0. The number of carbonyl (C=O) groups excluding carboxylic acids is 3. The first-order valence-corrected chi connectivity index (χ1v) is 6.39. The van der Waals surface area contributed by atoms with E-state index in [1.807, 2.05) is 13.8 Å². The lowest BCUT2D eigenvalue weighted by atomic mass is 10.2. The molecule has 1 atom stereocenters. The van der Waals surface area contributed by atoms with Crippen LogP contribution < -0.4 is 21.3 Å². The number of imide groups is 1. The molecule has 0 aliphatic rings. The predicted octanol–water partition coefficient (Wildman–Crippen LogP) is -0.418. The Kier molecular flexibility index (Phi) is 8.52. The smallest absolute Gasteiger partial charge is 0.321 e. The Hall–Kier alpha value is -1.63. The van der Waals surface area contributed by atoms with Crippen molar-refractivity contribution in [3.8, 4) is 0 Å². The first kappa shape index (κ1) is 17.4. The number of hydrogen-bond donors (Lipinski definition) is 4. The van der Waals surface area contributed by atoms with Gasteiger partial charge in [0.25, 0.3) is 0 Å². The Morgan fingerprint density at radius 2 is 1.74 bits per heavy atom. The largest absolute Gasteiger partial charge is 0.356 e. The number of carbonyl (C=O) groups is 3. The lowest BCUT2D eigenvalue weighted by Crippen LogP contribution is -2.47. The molecular formula is C12H24N4O3. The Balaban J connectivity index is 3.78. The summed E-state index contributed by atoms with van der Waals surface area (Å²) in [5, 5.41) is 10.1. The maximum absolute atomic E-state index is 11.5. The zero-order chi connectivity index (χ0) is 14.8. The molecule has 4 N–H and O–H groups in total. The maximum Gasteiger partial charge on any atom is 0.321 e. The van der Waals surface area contributed by atoms with Gasteiger partial charge in [0.2, 0.25) is 11.8 Å². The molecule has 1 unspecified atom stereocenters. The van der Waals surface area contributed by atoms with Gasteiger partial charge >= 0.3 is 6.03 Å². The Labute approximate surface area is 113 Å². The molecule has 0 saturated heterocycles. The van der Waals surface area contributed by atoms with Gasteiger partial charge in [-0.1, -0.05) is 13.8 Å². The third kappa shape index (κ3) is 9.01. The van der Waals surface area contributed by atoms with Crippen LogP contribution in [0, 0.1) is 5.92 Å². The number of urea groups is 1. The van der Waals surface area contributed by atoms with E-state index in [4.69, 9.17) is 0 Å². The molecule has 7 nitrogen and oxygen atoms in total. The van der Waals surface area contributed by atoms with E-state index in [0.717, 1.165) is 0 Å². The van der Waals surface area contributed by atoms with Crippen LogP contribution >= 0.6 is 0 Å². The Morgan fingerprint density at radius 1 is 1.11 bits per heavy atom. The summed E-state index contributed by atoms with van der Waals surface area (Å²) >= 11 is 0. The van der Waals surface area contributed by atoms with E-state index in [2.05, 4.69) is 21.3 Å². The molecule has 0 radical (unpaired) electrons. The fraction of sp³-hybridized carbons (Fsp3) is 0.750. The molecule has 0 spiro atoms. The summed E-state index contributed by atoms with van der Waals surface area (Å²) in [6.07, 6.45) is 0.296. The topological polar surface area (TPSA) is 99.3 Å². The van der Waals surface area contributed by atoms with E-state index in [1.54, 1.807) is 6.92 Å². The highest BCUT2D eigenvalue weighted by Crippen LogP contribution is 1.89. The highest BCUT2D eigenvalue weighted by Gasteiger charge is 2.14. The van der Waals surface area contributed by atoms with Crippen LogP contribution in [-0.4, -0.2) is 44.0 Å². The van der Waals surface area contributed by atoms with E-state index < -0.39 is 18.0 Å². The van der Waals surface area contributed by atoms with Gasteiger partial charge in [0.15, 0.2) is 0 Å². The van der Waals surface area contributed by atoms with E-state index in [9.17, 15) is 14.4 Å². The molecule has 0 saturated carbocycles. The predicted molar refractivity (Wildman–Crippen MR) is 72.5 cm³/mol. The van der Waals surface area contributed by atoms with Crippen molar-refractivity contribution in [2.24, 2.45) is 5.92 Å². The zero-order valence-electron chi connectivity index (χ0n) is 12.0. The van der Waals surface area contributed by atoms with Gasteiger partial charge in [-0.2, -0.15) is 0 Å². The highest BCUT2D eigenvalue weighted by molar-refractivity contribution is 5.96. The zero-order valence-corrected chi connectivity index (χ0v) is 12.0. The molecule has 0 rings (SSSR count). The van der Waals surface area contributed by atoms with Crippen molar-refractivity contribution in [3.05, 3.63) is 0 Å². The SMILES string of the molecule is CNC(=O)NC(=O)C(C)NCCC(=O)NCC(C)C. The summed E-state index contributed by atoms with van der Waals surface area (Å²) in [7, 11) is 1.43. The van der Waals surface area contributed by atoms with Crippen LogP contribution in [0.15, 0.2) is 0 Å². The monoisotopic (exact) mass is 272 g/mol. The van der Waals surface area contributed by atoms with Gasteiger partial charge in [-0.15, -0.1) is 0 Å². The summed E-state index contributed by atoms with van der Waals surface area (Å²) in [6, 6.07) is -1.08. The molecule has 110 valence electrons.